The molecule has 0 N–H and O–H groups in total. The highest BCUT2D eigenvalue weighted by Gasteiger charge is 2.48. The summed E-state index contributed by atoms with van der Waals surface area (Å²) < 4.78 is 0. The maximum absolute atomic E-state index is 12.8. The van der Waals surface area contributed by atoms with E-state index < -0.39 is 0 Å². The molecule has 2 amide bonds. The van der Waals surface area contributed by atoms with Crippen molar-refractivity contribution in [3.05, 3.63) is 0 Å². The Kier molecular flexibility index (Phi) is 4.37. The van der Waals surface area contributed by atoms with Gasteiger partial charge in [0.1, 0.15) is 12.1 Å². The van der Waals surface area contributed by atoms with E-state index in [4.69, 9.17) is 6.42 Å². The molecule has 2 fully saturated rings. The Morgan fingerprint density at radius 3 is 2.55 bits per heavy atom. The molecule has 4 heteroatoms. The molecule has 110 valence electrons. The van der Waals surface area contributed by atoms with E-state index in [0.717, 1.165) is 25.8 Å². The molecule has 2 aliphatic heterocycles. The zero-order valence-electron chi connectivity index (χ0n) is 12.6. The van der Waals surface area contributed by atoms with Gasteiger partial charge in [0, 0.05) is 19.0 Å². The number of terminal acetylenes is 1. The van der Waals surface area contributed by atoms with Crippen molar-refractivity contribution >= 4 is 11.8 Å². The highest BCUT2D eigenvalue weighted by atomic mass is 16.2. The Morgan fingerprint density at radius 1 is 1.25 bits per heavy atom. The summed E-state index contributed by atoms with van der Waals surface area (Å²) >= 11 is 0. The average Bonchev–Trinajstić information content (AvgIpc) is 2.42. The summed E-state index contributed by atoms with van der Waals surface area (Å²) in [4.78, 5) is 29.1. The van der Waals surface area contributed by atoms with E-state index in [1.807, 2.05) is 20.8 Å². The molecule has 0 saturated carbocycles. The van der Waals surface area contributed by atoms with Gasteiger partial charge in [-0.3, -0.25) is 9.59 Å². The topological polar surface area (TPSA) is 40.6 Å². The summed E-state index contributed by atoms with van der Waals surface area (Å²) in [5.41, 5.74) is 0. The van der Waals surface area contributed by atoms with Gasteiger partial charge in [0.15, 0.2) is 0 Å². The molecule has 2 saturated heterocycles. The molecule has 0 aromatic carbocycles. The highest BCUT2D eigenvalue weighted by Crippen LogP contribution is 2.30. The van der Waals surface area contributed by atoms with Gasteiger partial charge in [0.05, 0.1) is 0 Å². The van der Waals surface area contributed by atoms with E-state index in [1.165, 1.54) is 0 Å². The number of carbonyl (C=O) groups is 2. The number of piperidine rings is 1. The van der Waals surface area contributed by atoms with Crippen LogP contribution in [0.25, 0.3) is 0 Å². The average molecular weight is 276 g/mol. The van der Waals surface area contributed by atoms with Gasteiger partial charge in [-0.05, 0) is 32.1 Å². The Balaban J connectivity index is 2.34. The van der Waals surface area contributed by atoms with Crippen molar-refractivity contribution in [2.75, 3.05) is 6.54 Å². The SMILES string of the molecule is C#CCC(C)N1C(=O)C2CCCCN2C(=O)C1C(C)C. The fraction of sp³-hybridized carbons (Fsp3) is 0.750. The van der Waals surface area contributed by atoms with Crippen molar-refractivity contribution in [2.24, 2.45) is 5.92 Å². The Labute approximate surface area is 121 Å². The second-order valence-electron chi connectivity index (χ2n) is 6.23. The van der Waals surface area contributed by atoms with Gasteiger partial charge in [-0.1, -0.05) is 13.8 Å². The van der Waals surface area contributed by atoms with Gasteiger partial charge in [-0.2, -0.15) is 0 Å². The minimum Gasteiger partial charge on any atom is -0.329 e. The summed E-state index contributed by atoms with van der Waals surface area (Å²) in [6.45, 7) is 6.65. The van der Waals surface area contributed by atoms with Crippen LogP contribution in [0.4, 0.5) is 0 Å². The van der Waals surface area contributed by atoms with E-state index >= 15 is 0 Å². The van der Waals surface area contributed by atoms with Crippen molar-refractivity contribution in [3.8, 4) is 12.3 Å². The summed E-state index contributed by atoms with van der Waals surface area (Å²) in [6, 6.07) is -0.695. The molecule has 2 heterocycles. The normalized spacial score (nSPS) is 28.4. The minimum atomic E-state index is -0.361. The summed E-state index contributed by atoms with van der Waals surface area (Å²) in [6.07, 6.45) is 8.69. The van der Waals surface area contributed by atoms with Crippen LogP contribution >= 0.6 is 0 Å². The quantitative estimate of drug-likeness (QED) is 0.735. The van der Waals surface area contributed by atoms with Gasteiger partial charge >= 0.3 is 0 Å². The third kappa shape index (κ3) is 2.42. The summed E-state index contributed by atoms with van der Waals surface area (Å²) in [7, 11) is 0. The summed E-state index contributed by atoms with van der Waals surface area (Å²) in [5.74, 6) is 2.91. The van der Waals surface area contributed by atoms with Crippen LogP contribution < -0.4 is 0 Å². The fourth-order valence-electron chi connectivity index (χ4n) is 3.42. The first-order valence-electron chi connectivity index (χ1n) is 7.55. The van der Waals surface area contributed by atoms with Gasteiger partial charge in [0.2, 0.25) is 11.8 Å². The third-order valence-corrected chi connectivity index (χ3v) is 4.40. The van der Waals surface area contributed by atoms with Gasteiger partial charge in [-0.25, -0.2) is 0 Å². The van der Waals surface area contributed by atoms with Crippen LogP contribution in [-0.2, 0) is 9.59 Å². The number of hydrogen-bond acceptors (Lipinski definition) is 2. The molecule has 0 aromatic rings. The molecular formula is C16H24N2O2. The van der Waals surface area contributed by atoms with Crippen molar-refractivity contribution in [1.29, 1.82) is 0 Å². The number of nitrogens with zero attached hydrogens (tertiary/aromatic N) is 2. The van der Waals surface area contributed by atoms with E-state index in [2.05, 4.69) is 5.92 Å². The van der Waals surface area contributed by atoms with Crippen LogP contribution in [0.1, 0.15) is 46.5 Å². The second kappa shape index (κ2) is 5.87. The predicted molar refractivity (Wildman–Crippen MR) is 77.7 cm³/mol. The molecule has 0 bridgehead atoms. The van der Waals surface area contributed by atoms with Crippen LogP contribution in [0.3, 0.4) is 0 Å². The molecule has 3 atom stereocenters. The largest absolute Gasteiger partial charge is 0.329 e. The third-order valence-electron chi connectivity index (χ3n) is 4.40. The smallest absolute Gasteiger partial charge is 0.246 e. The van der Waals surface area contributed by atoms with Crippen molar-refractivity contribution < 1.29 is 9.59 Å². The first-order chi connectivity index (χ1) is 9.49. The van der Waals surface area contributed by atoms with E-state index in [0.29, 0.717) is 6.42 Å². The van der Waals surface area contributed by atoms with E-state index in [1.54, 1.807) is 9.80 Å². The standard InChI is InChI=1S/C16H24N2O2/c1-5-8-12(4)18-14(11(2)3)16(20)17-10-7-6-9-13(17)15(18)19/h1,11-14H,6-10H2,2-4H3. The lowest BCUT2D eigenvalue weighted by molar-refractivity contribution is -0.168. The zero-order valence-corrected chi connectivity index (χ0v) is 12.6. The van der Waals surface area contributed by atoms with Gasteiger partial charge in [0.25, 0.3) is 0 Å². The zero-order chi connectivity index (χ0) is 14.9. The molecule has 2 rings (SSSR count). The van der Waals surface area contributed by atoms with E-state index in [-0.39, 0.29) is 35.9 Å². The van der Waals surface area contributed by atoms with Crippen LogP contribution in [-0.4, -0.2) is 46.3 Å². The number of piperazine rings is 1. The molecule has 0 aromatic heterocycles. The number of fused-ring (bicyclic) bond motifs is 1. The Bertz CT molecular complexity index is 438. The number of rotatable bonds is 3. The molecular weight excluding hydrogens is 252 g/mol. The highest BCUT2D eigenvalue weighted by molar-refractivity contribution is 5.97. The molecule has 20 heavy (non-hydrogen) atoms. The van der Waals surface area contributed by atoms with Crippen molar-refractivity contribution in [2.45, 2.75) is 64.6 Å². The molecule has 0 spiro atoms. The van der Waals surface area contributed by atoms with Crippen LogP contribution in [0, 0.1) is 18.3 Å². The predicted octanol–water partition coefficient (Wildman–Crippen LogP) is 1.65. The monoisotopic (exact) mass is 276 g/mol. The van der Waals surface area contributed by atoms with Crippen LogP contribution in [0.2, 0.25) is 0 Å². The second-order valence-corrected chi connectivity index (χ2v) is 6.23. The van der Waals surface area contributed by atoms with Crippen molar-refractivity contribution in [1.82, 2.24) is 9.80 Å². The minimum absolute atomic E-state index is 0.0760. The lowest BCUT2D eigenvalue weighted by Crippen LogP contribution is -2.68. The number of carbonyl (C=O) groups excluding carboxylic acids is 2. The van der Waals surface area contributed by atoms with E-state index in [9.17, 15) is 9.59 Å². The summed E-state index contributed by atoms with van der Waals surface area (Å²) in [5, 5.41) is 0. The first-order valence-corrected chi connectivity index (χ1v) is 7.55. The maximum atomic E-state index is 12.8. The number of amides is 2. The molecule has 0 aliphatic carbocycles. The lowest BCUT2D eigenvalue weighted by Gasteiger charge is -2.50. The van der Waals surface area contributed by atoms with Crippen molar-refractivity contribution in [3.63, 3.8) is 0 Å². The van der Waals surface area contributed by atoms with Crippen LogP contribution in [0.5, 0.6) is 0 Å². The first kappa shape index (κ1) is 14.9. The van der Waals surface area contributed by atoms with Gasteiger partial charge in [-0.15, -0.1) is 12.3 Å². The fourth-order valence-corrected chi connectivity index (χ4v) is 3.42. The maximum Gasteiger partial charge on any atom is 0.246 e. The van der Waals surface area contributed by atoms with Crippen LogP contribution in [0.15, 0.2) is 0 Å². The molecule has 3 unspecified atom stereocenters. The molecule has 4 nitrogen and oxygen atoms in total. The number of hydrogen-bond donors (Lipinski definition) is 0. The van der Waals surface area contributed by atoms with Gasteiger partial charge < -0.3 is 9.80 Å². The Hall–Kier alpha value is -1.50. The molecule has 0 radical (unpaired) electrons. The Morgan fingerprint density at radius 2 is 1.95 bits per heavy atom. The molecule has 2 aliphatic rings. The lowest BCUT2D eigenvalue weighted by atomic mass is 9.89.